The van der Waals surface area contributed by atoms with Gasteiger partial charge in [-0.1, -0.05) is 85.3 Å². The summed E-state index contributed by atoms with van der Waals surface area (Å²) in [6.45, 7) is 1.69. The molecule has 2 atom stereocenters. The summed E-state index contributed by atoms with van der Waals surface area (Å²) in [6.07, 6.45) is 4.58. The van der Waals surface area contributed by atoms with Crippen LogP contribution in [-0.2, 0) is 4.79 Å². The fourth-order valence-electron chi connectivity index (χ4n) is 4.20. The third-order valence-corrected chi connectivity index (χ3v) is 6.99. The molecule has 5 rings (SSSR count). The fourth-order valence-corrected chi connectivity index (χ4v) is 5.36. The predicted octanol–water partition coefficient (Wildman–Crippen LogP) is 4.11. The quantitative estimate of drug-likeness (QED) is 0.692. The highest BCUT2D eigenvalue weighted by Crippen LogP contribution is 2.39. The number of carbonyl (C=O) groups is 1. The molecule has 30 heavy (non-hydrogen) atoms. The number of hydrogen-bond acceptors (Lipinski definition) is 5. The van der Waals surface area contributed by atoms with E-state index in [9.17, 15) is 4.79 Å². The zero-order valence-electron chi connectivity index (χ0n) is 16.8. The third-order valence-electron chi connectivity index (χ3n) is 5.79. The highest BCUT2D eigenvalue weighted by molar-refractivity contribution is 8.00. The first kappa shape index (κ1) is 19.2. The first-order valence-corrected chi connectivity index (χ1v) is 11.5. The predicted molar refractivity (Wildman–Crippen MR) is 119 cm³/mol. The maximum atomic E-state index is 13.6. The minimum Gasteiger partial charge on any atom is -0.342 e. The van der Waals surface area contributed by atoms with Gasteiger partial charge in [0.15, 0.2) is 5.82 Å². The molecular weight excluding hydrogens is 394 g/mol. The van der Waals surface area contributed by atoms with Crippen molar-refractivity contribution in [3.05, 3.63) is 66.2 Å². The summed E-state index contributed by atoms with van der Waals surface area (Å²) >= 11 is 1.52. The summed E-state index contributed by atoms with van der Waals surface area (Å²) in [4.78, 5) is 15.6. The number of hydrogen-bond donors (Lipinski definition) is 1. The molecule has 1 aromatic heterocycles. The second-order valence-corrected chi connectivity index (χ2v) is 8.91. The Bertz CT molecular complexity index is 999. The van der Waals surface area contributed by atoms with Crippen LogP contribution in [-0.4, -0.2) is 44.0 Å². The minimum absolute atomic E-state index is 0.155. The molecule has 0 radical (unpaired) electrons. The molecule has 0 aliphatic carbocycles. The number of fused-ring (bicyclic) bond motifs is 1. The number of nitrogens with zero attached hydrogens (tertiary/aromatic N) is 4. The first-order chi connectivity index (χ1) is 14.8. The van der Waals surface area contributed by atoms with Gasteiger partial charge in [0.25, 0.3) is 0 Å². The lowest BCUT2D eigenvalue weighted by Crippen LogP contribution is -2.46. The van der Waals surface area contributed by atoms with E-state index < -0.39 is 0 Å². The van der Waals surface area contributed by atoms with Gasteiger partial charge in [-0.3, -0.25) is 4.79 Å². The van der Waals surface area contributed by atoms with Crippen LogP contribution in [0.5, 0.6) is 0 Å². The summed E-state index contributed by atoms with van der Waals surface area (Å²) in [6, 6.07) is 20.1. The second-order valence-electron chi connectivity index (χ2n) is 7.80. The number of rotatable bonds is 3. The molecule has 0 spiro atoms. The van der Waals surface area contributed by atoms with E-state index in [4.69, 9.17) is 0 Å². The Kier molecular flexibility index (Phi) is 5.45. The van der Waals surface area contributed by atoms with E-state index in [2.05, 4.69) is 27.8 Å². The van der Waals surface area contributed by atoms with Gasteiger partial charge in [-0.2, -0.15) is 0 Å². The Balaban J connectivity index is 1.51. The molecule has 1 saturated heterocycles. The van der Waals surface area contributed by atoms with Crippen LogP contribution in [0, 0.1) is 0 Å². The lowest BCUT2D eigenvalue weighted by molar-refractivity contribution is -0.131. The van der Waals surface area contributed by atoms with Gasteiger partial charge in [0.05, 0.1) is 6.04 Å². The molecule has 3 aromatic rings. The van der Waals surface area contributed by atoms with Crippen molar-refractivity contribution >= 4 is 17.7 Å². The summed E-state index contributed by atoms with van der Waals surface area (Å²) in [7, 11) is 0. The van der Waals surface area contributed by atoms with Gasteiger partial charge in [0, 0.05) is 18.7 Å². The molecule has 6 nitrogen and oxygen atoms in total. The highest BCUT2D eigenvalue weighted by Gasteiger charge is 2.39. The van der Waals surface area contributed by atoms with Crippen LogP contribution in [0.2, 0.25) is 0 Å². The van der Waals surface area contributed by atoms with Crippen LogP contribution in [0.25, 0.3) is 11.4 Å². The number of likely N-dealkylation sites (tertiary alicyclic amines) is 1. The van der Waals surface area contributed by atoms with Crippen molar-refractivity contribution in [3.63, 3.8) is 0 Å². The zero-order valence-corrected chi connectivity index (χ0v) is 17.6. The number of nitrogens with one attached hydrogen (secondary N) is 1. The Morgan fingerprint density at radius 2 is 1.57 bits per heavy atom. The highest BCUT2D eigenvalue weighted by atomic mass is 32.2. The standard InChI is InChI=1S/C23H25N5OS/c29-22(27-15-9-1-2-10-16-27)20-19(17-11-5-3-6-12-17)26-28-21(24-25-23(28)30-20)18-13-7-4-8-14-18/h3-8,11-14,19-20,26H,1-2,9-10,15-16H2/t19-,20-/m1/s1. The van der Waals surface area contributed by atoms with Gasteiger partial charge in [0.2, 0.25) is 11.1 Å². The van der Waals surface area contributed by atoms with Crippen molar-refractivity contribution in [1.82, 2.24) is 19.8 Å². The van der Waals surface area contributed by atoms with Crippen molar-refractivity contribution in [3.8, 4) is 11.4 Å². The minimum atomic E-state index is -0.272. The molecular formula is C23H25N5OS. The number of thioether (sulfide) groups is 1. The second kappa shape index (κ2) is 8.52. The van der Waals surface area contributed by atoms with E-state index in [1.54, 1.807) is 0 Å². The smallest absolute Gasteiger partial charge is 0.238 e. The van der Waals surface area contributed by atoms with Gasteiger partial charge in [-0.15, -0.1) is 10.2 Å². The lowest BCUT2D eigenvalue weighted by Gasteiger charge is -2.35. The van der Waals surface area contributed by atoms with E-state index >= 15 is 0 Å². The molecule has 3 heterocycles. The zero-order chi connectivity index (χ0) is 20.3. The van der Waals surface area contributed by atoms with Crippen LogP contribution < -0.4 is 5.43 Å². The van der Waals surface area contributed by atoms with E-state index in [-0.39, 0.29) is 17.2 Å². The maximum absolute atomic E-state index is 13.6. The molecule has 1 fully saturated rings. The van der Waals surface area contributed by atoms with Gasteiger partial charge in [-0.05, 0) is 18.4 Å². The number of benzene rings is 2. The topological polar surface area (TPSA) is 63.1 Å². The van der Waals surface area contributed by atoms with E-state index in [0.717, 1.165) is 48.0 Å². The molecule has 2 aromatic carbocycles. The Morgan fingerprint density at radius 1 is 0.900 bits per heavy atom. The van der Waals surface area contributed by atoms with Crippen LogP contribution >= 0.6 is 11.8 Å². The van der Waals surface area contributed by atoms with Crippen molar-refractivity contribution in [2.45, 2.75) is 42.1 Å². The average molecular weight is 420 g/mol. The molecule has 0 bridgehead atoms. The Morgan fingerprint density at radius 3 is 2.27 bits per heavy atom. The number of carbonyl (C=O) groups excluding carboxylic acids is 1. The molecule has 0 saturated carbocycles. The molecule has 2 aliphatic rings. The Labute approximate surface area is 180 Å². The molecule has 0 unspecified atom stereocenters. The fraction of sp³-hybridized carbons (Fsp3) is 0.348. The largest absolute Gasteiger partial charge is 0.342 e. The molecule has 154 valence electrons. The van der Waals surface area contributed by atoms with Gasteiger partial charge < -0.3 is 10.3 Å². The van der Waals surface area contributed by atoms with Crippen molar-refractivity contribution in [2.75, 3.05) is 18.5 Å². The van der Waals surface area contributed by atoms with Gasteiger partial charge in [0.1, 0.15) is 5.25 Å². The van der Waals surface area contributed by atoms with Gasteiger partial charge in [-0.25, -0.2) is 4.68 Å². The van der Waals surface area contributed by atoms with E-state index in [0.29, 0.717) is 0 Å². The van der Waals surface area contributed by atoms with Crippen LogP contribution in [0.1, 0.15) is 37.3 Å². The van der Waals surface area contributed by atoms with Crippen LogP contribution in [0.3, 0.4) is 0 Å². The molecule has 2 aliphatic heterocycles. The number of aromatic nitrogens is 3. The van der Waals surface area contributed by atoms with Crippen LogP contribution in [0.15, 0.2) is 65.8 Å². The summed E-state index contributed by atoms with van der Waals surface area (Å²) in [5.41, 5.74) is 5.66. The molecule has 7 heteroatoms. The van der Waals surface area contributed by atoms with E-state index in [1.165, 1.54) is 24.6 Å². The molecule has 1 amide bonds. The van der Waals surface area contributed by atoms with Gasteiger partial charge >= 0.3 is 0 Å². The SMILES string of the molecule is O=C([C@@H]1Sc2nnc(-c3ccccc3)n2N[C@@H]1c1ccccc1)N1CCCCCC1. The first-order valence-electron chi connectivity index (χ1n) is 10.6. The van der Waals surface area contributed by atoms with Crippen molar-refractivity contribution in [1.29, 1.82) is 0 Å². The average Bonchev–Trinajstić information content (AvgIpc) is 3.02. The number of amides is 1. The normalized spacial score (nSPS) is 21.4. The third kappa shape index (κ3) is 3.69. The monoisotopic (exact) mass is 419 g/mol. The van der Waals surface area contributed by atoms with E-state index in [1.807, 2.05) is 58.1 Å². The Hall–Kier alpha value is -2.80. The van der Waals surface area contributed by atoms with Crippen molar-refractivity contribution in [2.24, 2.45) is 0 Å². The van der Waals surface area contributed by atoms with Crippen LogP contribution in [0.4, 0.5) is 0 Å². The summed E-state index contributed by atoms with van der Waals surface area (Å²) < 4.78 is 1.93. The summed E-state index contributed by atoms with van der Waals surface area (Å²) in [5.74, 6) is 0.957. The molecule has 1 N–H and O–H groups in total. The maximum Gasteiger partial charge on any atom is 0.238 e. The van der Waals surface area contributed by atoms with Crippen molar-refractivity contribution < 1.29 is 4.79 Å². The lowest BCUT2D eigenvalue weighted by atomic mass is 10.0. The summed E-state index contributed by atoms with van der Waals surface area (Å²) in [5, 5.41) is 9.28.